The van der Waals surface area contributed by atoms with Gasteiger partial charge in [0, 0.05) is 17.8 Å². The molecule has 35 heavy (non-hydrogen) atoms. The number of amides is 3. The van der Waals surface area contributed by atoms with Crippen molar-refractivity contribution in [1.82, 2.24) is 10.2 Å². The van der Waals surface area contributed by atoms with Crippen molar-refractivity contribution in [3.8, 4) is 5.75 Å². The van der Waals surface area contributed by atoms with Gasteiger partial charge < -0.3 is 25.0 Å². The van der Waals surface area contributed by atoms with Gasteiger partial charge in [-0.3, -0.25) is 14.4 Å². The molecule has 5 atom stereocenters. The summed E-state index contributed by atoms with van der Waals surface area (Å²) in [6.45, 7) is 2.48. The first kappa shape index (κ1) is 22.6. The molecule has 0 radical (unpaired) electrons. The second-order valence-corrected chi connectivity index (χ2v) is 10.5. The van der Waals surface area contributed by atoms with E-state index in [0.717, 1.165) is 44.3 Å². The normalized spacial score (nSPS) is 33.6. The summed E-state index contributed by atoms with van der Waals surface area (Å²) >= 11 is 0. The lowest BCUT2D eigenvalue weighted by atomic mass is 9.74. The number of rotatable bonds is 7. The molecule has 4 fully saturated rings. The first-order chi connectivity index (χ1) is 17.0. The predicted molar refractivity (Wildman–Crippen MR) is 129 cm³/mol. The SMILES string of the molecule is CCOc1ccc(NC(=O)[C@H]2[C@@H]3C=C[C@]4(O3)[C@@H]2C(=O)N(C2CC2)[C@@H]4C(=O)NC2CCCCC2)cc1. The van der Waals surface area contributed by atoms with Gasteiger partial charge in [-0.2, -0.15) is 0 Å². The molecule has 0 unspecified atom stereocenters. The minimum absolute atomic E-state index is 0.0513. The lowest BCUT2D eigenvalue weighted by Gasteiger charge is -2.34. The Balaban J connectivity index is 1.25. The second-order valence-electron chi connectivity index (χ2n) is 10.5. The highest BCUT2D eigenvalue weighted by Crippen LogP contribution is 2.57. The van der Waals surface area contributed by atoms with Gasteiger partial charge in [-0.25, -0.2) is 0 Å². The largest absolute Gasteiger partial charge is 0.494 e. The Kier molecular flexibility index (Phi) is 5.59. The van der Waals surface area contributed by atoms with E-state index in [1.54, 1.807) is 29.2 Å². The van der Waals surface area contributed by atoms with E-state index >= 15 is 0 Å². The zero-order valence-corrected chi connectivity index (χ0v) is 20.1. The number of ether oxygens (including phenoxy) is 2. The van der Waals surface area contributed by atoms with Crippen molar-refractivity contribution in [1.29, 1.82) is 0 Å². The Labute approximate surface area is 205 Å². The molecule has 2 bridgehead atoms. The molecule has 186 valence electrons. The molecule has 0 aromatic heterocycles. The van der Waals surface area contributed by atoms with Crippen molar-refractivity contribution in [3.63, 3.8) is 0 Å². The lowest BCUT2D eigenvalue weighted by molar-refractivity contribution is -0.142. The van der Waals surface area contributed by atoms with Crippen LogP contribution in [-0.4, -0.2) is 59.1 Å². The molecule has 8 nitrogen and oxygen atoms in total. The Morgan fingerprint density at radius 3 is 2.51 bits per heavy atom. The standard InChI is InChI=1S/C27H33N3O5/c1-2-34-19-12-8-17(9-13-19)28-24(31)21-20-14-15-27(35-20)22(21)26(33)30(18-10-11-18)23(27)25(32)29-16-6-4-3-5-7-16/h8-9,12-16,18,20-23H,2-7,10-11H2,1H3,(H,28,31)(H,29,32)/t20-,21-,22-,23+,27-/m0/s1. The van der Waals surface area contributed by atoms with Crippen LogP contribution in [0.4, 0.5) is 5.69 Å². The van der Waals surface area contributed by atoms with Crippen LogP contribution in [0.3, 0.4) is 0 Å². The van der Waals surface area contributed by atoms with Crippen LogP contribution in [0.25, 0.3) is 0 Å². The van der Waals surface area contributed by atoms with Crippen LogP contribution >= 0.6 is 0 Å². The maximum absolute atomic E-state index is 13.8. The summed E-state index contributed by atoms with van der Waals surface area (Å²) in [5.74, 6) is -1.16. The summed E-state index contributed by atoms with van der Waals surface area (Å²) in [6.07, 6.45) is 10.4. The summed E-state index contributed by atoms with van der Waals surface area (Å²) in [4.78, 5) is 42.6. The summed E-state index contributed by atoms with van der Waals surface area (Å²) < 4.78 is 11.9. The van der Waals surface area contributed by atoms with Crippen LogP contribution in [0.1, 0.15) is 51.9 Å². The molecule has 2 saturated heterocycles. The summed E-state index contributed by atoms with van der Waals surface area (Å²) in [7, 11) is 0. The van der Waals surface area contributed by atoms with Crippen LogP contribution in [0, 0.1) is 11.8 Å². The van der Waals surface area contributed by atoms with E-state index in [2.05, 4.69) is 10.6 Å². The maximum Gasteiger partial charge on any atom is 0.246 e. The minimum atomic E-state index is -1.08. The molecule has 8 heteroatoms. The van der Waals surface area contributed by atoms with E-state index in [9.17, 15) is 14.4 Å². The average Bonchev–Trinajstić information content (AvgIpc) is 3.45. The number of benzene rings is 1. The first-order valence-corrected chi connectivity index (χ1v) is 13.1. The molecular weight excluding hydrogens is 446 g/mol. The third kappa shape index (κ3) is 3.73. The molecule has 1 aromatic carbocycles. The summed E-state index contributed by atoms with van der Waals surface area (Å²) in [6, 6.07) is 6.66. The van der Waals surface area contributed by atoms with Crippen molar-refractivity contribution < 1.29 is 23.9 Å². The fourth-order valence-corrected chi connectivity index (χ4v) is 6.51. The highest BCUT2D eigenvalue weighted by atomic mass is 16.5. The minimum Gasteiger partial charge on any atom is -0.494 e. The Hall–Kier alpha value is -2.87. The smallest absolute Gasteiger partial charge is 0.246 e. The quantitative estimate of drug-likeness (QED) is 0.587. The Bertz CT molecular complexity index is 1050. The highest BCUT2D eigenvalue weighted by Gasteiger charge is 2.74. The van der Waals surface area contributed by atoms with Gasteiger partial charge in [0.15, 0.2) is 0 Å². The number of anilines is 1. The van der Waals surface area contributed by atoms with E-state index < -0.39 is 29.6 Å². The van der Waals surface area contributed by atoms with E-state index in [4.69, 9.17) is 9.47 Å². The number of hydrogen-bond donors (Lipinski definition) is 2. The average molecular weight is 480 g/mol. The van der Waals surface area contributed by atoms with Crippen molar-refractivity contribution in [2.24, 2.45) is 11.8 Å². The number of fused-ring (bicyclic) bond motifs is 1. The fraction of sp³-hybridized carbons (Fsp3) is 0.593. The van der Waals surface area contributed by atoms with Crippen LogP contribution < -0.4 is 15.4 Å². The van der Waals surface area contributed by atoms with Crippen molar-refractivity contribution in [3.05, 3.63) is 36.4 Å². The number of carbonyl (C=O) groups is 3. The van der Waals surface area contributed by atoms with Gasteiger partial charge in [-0.1, -0.05) is 31.4 Å². The topological polar surface area (TPSA) is 97.0 Å². The third-order valence-electron chi connectivity index (χ3n) is 8.19. The van der Waals surface area contributed by atoms with Crippen LogP contribution in [0.15, 0.2) is 36.4 Å². The molecule has 6 rings (SSSR count). The van der Waals surface area contributed by atoms with Gasteiger partial charge in [0.05, 0.1) is 24.5 Å². The Morgan fingerprint density at radius 2 is 1.83 bits per heavy atom. The summed E-state index contributed by atoms with van der Waals surface area (Å²) in [5.41, 5.74) is -0.445. The monoisotopic (exact) mass is 479 g/mol. The van der Waals surface area contributed by atoms with Crippen LogP contribution in [0.2, 0.25) is 0 Å². The fourth-order valence-electron chi connectivity index (χ4n) is 6.51. The Morgan fingerprint density at radius 1 is 1.09 bits per heavy atom. The number of nitrogens with one attached hydrogen (secondary N) is 2. The van der Waals surface area contributed by atoms with E-state index in [1.165, 1.54) is 6.42 Å². The molecular formula is C27H33N3O5. The van der Waals surface area contributed by atoms with Gasteiger partial charge in [0.2, 0.25) is 17.7 Å². The number of hydrogen-bond acceptors (Lipinski definition) is 5. The number of likely N-dealkylation sites (tertiary alicyclic amines) is 1. The second kappa shape index (κ2) is 8.66. The van der Waals surface area contributed by atoms with E-state index in [-0.39, 0.29) is 29.8 Å². The van der Waals surface area contributed by atoms with Gasteiger partial charge in [-0.05, 0) is 56.9 Å². The number of carbonyl (C=O) groups excluding carboxylic acids is 3. The van der Waals surface area contributed by atoms with E-state index in [1.807, 2.05) is 19.1 Å². The van der Waals surface area contributed by atoms with Gasteiger partial charge >= 0.3 is 0 Å². The van der Waals surface area contributed by atoms with Gasteiger partial charge in [0.1, 0.15) is 17.4 Å². The predicted octanol–water partition coefficient (Wildman–Crippen LogP) is 2.79. The molecule has 1 aromatic rings. The first-order valence-electron chi connectivity index (χ1n) is 13.1. The third-order valence-corrected chi connectivity index (χ3v) is 8.19. The maximum atomic E-state index is 13.8. The summed E-state index contributed by atoms with van der Waals surface area (Å²) in [5, 5.41) is 6.18. The molecule has 5 aliphatic rings. The zero-order valence-electron chi connectivity index (χ0n) is 20.1. The molecule has 3 aliphatic heterocycles. The molecule has 2 saturated carbocycles. The lowest BCUT2D eigenvalue weighted by Crippen LogP contribution is -2.57. The molecule has 1 spiro atoms. The van der Waals surface area contributed by atoms with Gasteiger partial charge in [0.25, 0.3) is 0 Å². The highest BCUT2D eigenvalue weighted by molar-refractivity contribution is 6.03. The molecule has 2 N–H and O–H groups in total. The zero-order chi connectivity index (χ0) is 24.2. The van der Waals surface area contributed by atoms with Crippen LogP contribution in [-0.2, 0) is 19.1 Å². The van der Waals surface area contributed by atoms with Crippen LogP contribution in [0.5, 0.6) is 5.75 Å². The molecule has 3 amide bonds. The number of nitrogens with zero attached hydrogens (tertiary/aromatic N) is 1. The van der Waals surface area contributed by atoms with Crippen molar-refractivity contribution >= 4 is 23.4 Å². The molecule has 2 aliphatic carbocycles. The van der Waals surface area contributed by atoms with Gasteiger partial charge in [-0.15, -0.1) is 0 Å². The molecule has 3 heterocycles. The van der Waals surface area contributed by atoms with Crippen molar-refractivity contribution in [2.45, 2.75) is 81.7 Å². The van der Waals surface area contributed by atoms with E-state index in [0.29, 0.717) is 12.3 Å². The van der Waals surface area contributed by atoms with Crippen molar-refractivity contribution in [2.75, 3.05) is 11.9 Å².